The third-order valence-electron chi connectivity index (χ3n) is 5.37. The van der Waals surface area contributed by atoms with E-state index in [1.165, 1.54) is 14.0 Å². The summed E-state index contributed by atoms with van der Waals surface area (Å²) in [5, 5.41) is 0. The number of hydrogen-bond donors (Lipinski definition) is 0. The highest BCUT2D eigenvalue weighted by molar-refractivity contribution is 6.03. The number of ether oxygens (including phenoxy) is 1. The number of aromatic nitrogens is 1. The average Bonchev–Trinajstić information content (AvgIpc) is 2.78. The molecule has 0 aliphatic heterocycles. The number of allylic oxidation sites excluding steroid dienone is 1. The van der Waals surface area contributed by atoms with Gasteiger partial charge in [0.2, 0.25) is 0 Å². The van der Waals surface area contributed by atoms with Gasteiger partial charge in [-0.15, -0.1) is 0 Å². The number of carbonyl (C=O) groups excluding carboxylic acids is 1. The molecule has 0 saturated heterocycles. The standard InChI is InChI=1S/C28H28FNO2/c1-7-9-24-23(8-2)25(18(3)31)27(32-6)26(30-24)21-12-10-19(11-13-21)20-14-16-22(17-15-20)28(4,5)29/h7-17H,2H2,1,3-6H3/b9-7-. The molecule has 0 N–H and O–H groups in total. The number of pyridine rings is 1. The number of carbonyl (C=O) groups is 1. The molecule has 0 aliphatic rings. The summed E-state index contributed by atoms with van der Waals surface area (Å²) in [5.41, 5.74) is 4.47. The van der Waals surface area contributed by atoms with E-state index in [-0.39, 0.29) is 5.78 Å². The van der Waals surface area contributed by atoms with E-state index >= 15 is 0 Å². The molecule has 0 amide bonds. The second-order valence-electron chi connectivity index (χ2n) is 8.06. The van der Waals surface area contributed by atoms with Crippen molar-refractivity contribution in [2.24, 2.45) is 0 Å². The summed E-state index contributed by atoms with van der Waals surface area (Å²) in [6.07, 6.45) is 5.37. The van der Waals surface area contributed by atoms with Crippen molar-refractivity contribution in [3.05, 3.63) is 83.6 Å². The molecule has 0 fully saturated rings. The van der Waals surface area contributed by atoms with Crippen molar-refractivity contribution in [3.63, 3.8) is 0 Å². The van der Waals surface area contributed by atoms with E-state index in [1.54, 1.807) is 19.9 Å². The predicted octanol–water partition coefficient (Wildman–Crippen LogP) is 7.51. The van der Waals surface area contributed by atoms with Gasteiger partial charge in [0.05, 0.1) is 18.4 Å². The maximum Gasteiger partial charge on any atom is 0.164 e. The zero-order chi connectivity index (χ0) is 23.5. The number of ketones is 1. The molecule has 1 heterocycles. The molecular formula is C28H28FNO2. The lowest BCUT2D eigenvalue weighted by Gasteiger charge is -2.17. The van der Waals surface area contributed by atoms with Crippen LogP contribution in [0.25, 0.3) is 34.5 Å². The minimum absolute atomic E-state index is 0.112. The monoisotopic (exact) mass is 429 g/mol. The topological polar surface area (TPSA) is 39.2 Å². The zero-order valence-corrected chi connectivity index (χ0v) is 19.2. The SMILES string of the molecule is C=Cc1c(/C=C\C)nc(-c2ccc(-c3ccc(C(C)(C)F)cc3)cc2)c(OC)c1C(C)=O. The number of benzene rings is 2. The number of alkyl halides is 1. The lowest BCUT2D eigenvalue weighted by Crippen LogP contribution is -2.08. The Morgan fingerprint density at radius 1 is 1.03 bits per heavy atom. The summed E-state index contributed by atoms with van der Waals surface area (Å²) in [7, 11) is 1.54. The third-order valence-corrected chi connectivity index (χ3v) is 5.37. The highest BCUT2D eigenvalue weighted by atomic mass is 19.1. The number of rotatable bonds is 7. The molecule has 3 nitrogen and oxygen atoms in total. The van der Waals surface area contributed by atoms with Gasteiger partial charge in [-0.3, -0.25) is 4.79 Å². The van der Waals surface area contributed by atoms with Crippen molar-refractivity contribution in [2.45, 2.75) is 33.4 Å². The van der Waals surface area contributed by atoms with Crippen LogP contribution >= 0.6 is 0 Å². The van der Waals surface area contributed by atoms with Crippen molar-refractivity contribution in [2.75, 3.05) is 7.11 Å². The lowest BCUT2D eigenvalue weighted by atomic mass is 9.95. The van der Waals surface area contributed by atoms with E-state index < -0.39 is 5.67 Å². The molecule has 4 heteroatoms. The summed E-state index contributed by atoms with van der Waals surface area (Å²) in [5.74, 6) is 0.321. The Labute approximate surface area is 189 Å². The number of nitrogens with zero attached hydrogens (tertiary/aromatic N) is 1. The van der Waals surface area contributed by atoms with Crippen LogP contribution in [-0.2, 0) is 5.67 Å². The van der Waals surface area contributed by atoms with Crippen LogP contribution in [-0.4, -0.2) is 17.9 Å². The third kappa shape index (κ3) is 4.54. The maximum absolute atomic E-state index is 14.1. The minimum Gasteiger partial charge on any atom is -0.494 e. The fourth-order valence-electron chi connectivity index (χ4n) is 3.72. The Morgan fingerprint density at radius 2 is 1.56 bits per heavy atom. The molecule has 164 valence electrons. The van der Waals surface area contributed by atoms with Gasteiger partial charge in [0, 0.05) is 11.1 Å². The average molecular weight is 430 g/mol. The van der Waals surface area contributed by atoms with Gasteiger partial charge < -0.3 is 4.74 Å². The quantitative estimate of drug-likeness (QED) is 0.365. The fraction of sp³-hybridized carbons (Fsp3) is 0.214. The molecule has 0 bridgehead atoms. The Hall–Kier alpha value is -3.53. The van der Waals surface area contributed by atoms with Crippen molar-refractivity contribution in [1.82, 2.24) is 4.98 Å². The van der Waals surface area contributed by atoms with E-state index in [4.69, 9.17) is 9.72 Å². The molecule has 0 unspecified atom stereocenters. The molecule has 3 aromatic rings. The van der Waals surface area contributed by atoms with Crippen molar-refractivity contribution in [3.8, 4) is 28.1 Å². The Kier molecular flexibility index (Phi) is 6.73. The first-order valence-electron chi connectivity index (χ1n) is 10.5. The highest BCUT2D eigenvalue weighted by Crippen LogP contribution is 2.37. The largest absolute Gasteiger partial charge is 0.494 e. The Bertz CT molecular complexity index is 1170. The number of methoxy groups -OCH3 is 1. The Morgan fingerprint density at radius 3 is 2.00 bits per heavy atom. The second-order valence-corrected chi connectivity index (χ2v) is 8.06. The van der Waals surface area contributed by atoms with E-state index in [1.807, 2.05) is 67.6 Å². The van der Waals surface area contributed by atoms with E-state index in [0.717, 1.165) is 16.7 Å². The van der Waals surface area contributed by atoms with Crippen LogP contribution in [0.2, 0.25) is 0 Å². The van der Waals surface area contributed by atoms with Crippen LogP contribution in [0.5, 0.6) is 5.75 Å². The minimum atomic E-state index is -1.37. The van der Waals surface area contributed by atoms with Gasteiger partial charge in [0.25, 0.3) is 0 Å². The van der Waals surface area contributed by atoms with E-state index in [9.17, 15) is 9.18 Å². The van der Waals surface area contributed by atoms with Crippen LogP contribution in [0.15, 0.2) is 61.2 Å². The number of halogens is 1. The van der Waals surface area contributed by atoms with Crippen LogP contribution in [0.4, 0.5) is 4.39 Å². The van der Waals surface area contributed by atoms with Gasteiger partial charge in [-0.1, -0.05) is 67.3 Å². The summed E-state index contributed by atoms with van der Waals surface area (Å²) in [4.78, 5) is 17.3. The van der Waals surface area contributed by atoms with Gasteiger partial charge in [0.15, 0.2) is 11.5 Å². The normalized spacial score (nSPS) is 11.6. The van der Waals surface area contributed by atoms with Crippen molar-refractivity contribution in [1.29, 1.82) is 0 Å². The van der Waals surface area contributed by atoms with Crippen LogP contribution < -0.4 is 4.74 Å². The number of hydrogen-bond acceptors (Lipinski definition) is 3. The molecular weight excluding hydrogens is 401 g/mol. The zero-order valence-electron chi connectivity index (χ0n) is 19.2. The van der Waals surface area contributed by atoms with Crippen LogP contribution in [0.1, 0.15) is 54.9 Å². The Balaban J connectivity index is 2.10. The molecule has 2 aromatic carbocycles. The molecule has 0 atom stereocenters. The maximum atomic E-state index is 14.1. The first-order valence-corrected chi connectivity index (χ1v) is 10.5. The molecule has 3 rings (SSSR count). The summed E-state index contributed by atoms with van der Waals surface area (Å²) in [6, 6.07) is 15.3. The van der Waals surface area contributed by atoms with Gasteiger partial charge >= 0.3 is 0 Å². The summed E-state index contributed by atoms with van der Waals surface area (Å²) in [6.45, 7) is 10.4. The first kappa shape index (κ1) is 23.1. The van der Waals surface area contributed by atoms with Gasteiger partial charge in [-0.25, -0.2) is 9.37 Å². The molecule has 0 aliphatic carbocycles. The molecule has 0 spiro atoms. The molecule has 1 aromatic heterocycles. The lowest BCUT2D eigenvalue weighted by molar-refractivity contribution is 0.101. The number of Topliss-reactive ketones (excluding diaryl/α,β-unsaturated/α-hetero) is 1. The molecule has 0 saturated carbocycles. The van der Waals surface area contributed by atoms with Crippen LogP contribution in [0, 0.1) is 0 Å². The van der Waals surface area contributed by atoms with Crippen LogP contribution in [0.3, 0.4) is 0 Å². The summed E-state index contributed by atoms with van der Waals surface area (Å²) < 4.78 is 19.8. The predicted molar refractivity (Wildman–Crippen MR) is 131 cm³/mol. The fourth-order valence-corrected chi connectivity index (χ4v) is 3.72. The summed E-state index contributed by atoms with van der Waals surface area (Å²) >= 11 is 0. The van der Waals surface area contributed by atoms with E-state index in [2.05, 4.69) is 6.58 Å². The second kappa shape index (κ2) is 9.31. The molecule has 0 radical (unpaired) electrons. The van der Waals surface area contributed by atoms with Crippen molar-refractivity contribution < 1.29 is 13.9 Å². The smallest absolute Gasteiger partial charge is 0.164 e. The van der Waals surface area contributed by atoms with Gasteiger partial charge in [-0.2, -0.15) is 0 Å². The van der Waals surface area contributed by atoms with Crippen molar-refractivity contribution >= 4 is 17.9 Å². The van der Waals surface area contributed by atoms with Gasteiger partial charge in [0.1, 0.15) is 11.4 Å². The van der Waals surface area contributed by atoms with E-state index in [0.29, 0.717) is 33.8 Å². The first-order chi connectivity index (χ1) is 15.2. The van der Waals surface area contributed by atoms with Gasteiger partial charge in [-0.05, 0) is 50.5 Å². The molecule has 32 heavy (non-hydrogen) atoms. The highest BCUT2D eigenvalue weighted by Gasteiger charge is 2.22.